The molecular formula is C19H20Cl2FN3OS. The van der Waals surface area contributed by atoms with Crippen molar-refractivity contribution in [2.24, 2.45) is 0 Å². The molecule has 0 atom stereocenters. The lowest BCUT2D eigenvalue weighted by Crippen LogP contribution is -2.33. The molecule has 0 N–H and O–H groups in total. The van der Waals surface area contributed by atoms with Crippen LogP contribution >= 0.6 is 35.3 Å². The number of rotatable bonds is 6. The van der Waals surface area contributed by atoms with Crippen LogP contribution in [0.15, 0.2) is 42.5 Å². The third kappa shape index (κ3) is 5.17. The average Bonchev–Trinajstić information content (AvgIpc) is 3.04. The SMILES string of the molecule is CN(C)CCCN(C(=O)c1ccc(Cl)cc1)c1nc2c(F)cccc2s1.Cl. The Morgan fingerprint density at radius 3 is 2.48 bits per heavy atom. The number of nitrogens with zero attached hydrogens (tertiary/aromatic N) is 3. The fourth-order valence-electron chi connectivity index (χ4n) is 2.60. The van der Waals surface area contributed by atoms with Crippen molar-refractivity contribution in [2.45, 2.75) is 6.42 Å². The largest absolute Gasteiger partial charge is 0.309 e. The highest BCUT2D eigenvalue weighted by atomic mass is 35.5. The van der Waals surface area contributed by atoms with Gasteiger partial charge in [0.15, 0.2) is 5.13 Å². The van der Waals surface area contributed by atoms with Crippen molar-refractivity contribution >= 4 is 56.6 Å². The van der Waals surface area contributed by atoms with Crippen LogP contribution in [0.1, 0.15) is 16.8 Å². The molecule has 8 heteroatoms. The minimum absolute atomic E-state index is 0. The summed E-state index contributed by atoms with van der Waals surface area (Å²) in [6.45, 7) is 1.34. The zero-order valence-electron chi connectivity index (χ0n) is 15.0. The van der Waals surface area contributed by atoms with Gasteiger partial charge in [0, 0.05) is 17.1 Å². The summed E-state index contributed by atoms with van der Waals surface area (Å²) in [4.78, 5) is 21.1. The van der Waals surface area contributed by atoms with Gasteiger partial charge in [0.25, 0.3) is 5.91 Å². The molecule has 2 aromatic carbocycles. The second kappa shape index (κ2) is 9.46. The summed E-state index contributed by atoms with van der Waals surface area (Å²) in [5.74, 6) is -0.544. The van der Waals surface area contributed by atoms with Gasteiger partial charge in [-0.3, -0.25) is 9.69 Å². The number of para-hydroxylation sites is 1. The van der Waals surface area contributed by atoms with E-state index in [2.05, 4.69) is 9.88 Å². The number of fused-ring (bicyclic) bond motifs is 1. The summed E-state index contributed by atoms with van der Waals surface area (Å²) >= 11 is 7.24. The van der Waals surface area contributed by atoms with Crippen LogP contribution in [-0.2, 0) is 0 Å². The quantitative estimate of drug-likeness (QED) is 0.548. The Hall–Kier alpha value is -1.73. The van der Waals surface area contributed by atoms with E-state index in [9.17, 15) is 9.18 Å². The molecule has 0 aliphatic carbocycles. The summed E-state index contributed by atoms with van der Waals surface area (Å²) in [7, 11) is 3.97. The number of aromatic nitrogens is 1. The molecule has 27 heavy (non-hydrogen) atoms. The van der Waals surface area contributed by atoms with Crippen molar-refractivity contribution in [3.05, 3.63) is 58.9 Å². The molecule has 0 bridgehead atoms. The molecule has 0 saturated carbocycles. The average molecular weight is 428 g/mol. The van der Waals surface area contributed by atoms with Crippen LogP contribution in [0.4, 0.5) is 9.52 Å². The van der Waals surface area contributed by atoms with E-state index < -0.39 is 0 Å². The van der Waals surface area contributed by atoms with Gasteiger partial charge in [-0.05, 0) is 63.5 Å². The second-order valence-electron chi connectivity index (χ2n) is 6.20. The molecule has 0 aliphatic heterocycles. The maximum absolute atomic E-state index is 14.0. The zero-order chi connectivity index (χ0) is 18.7. The van der Waals surface area contributed by atoms with Crippen LogP contribution in [0.25, 0.3) is 10.2 Å². The first kappa shape index (κ1) is 21.6. The van der Waals surface area contributed by atoms with E-state index in [1.165, 1.54) is 17.4 Å². The number of thiazole rings is 1. The number of hydrogen-bond acceptors (Lipinski definition) is 4. The van der Waals surface area contributed by atoms with Gasteiger partial charge >= 0.3 is 0 Å². The van der Waals surface area contributed by atoms with Crippen molar-refractivity contribution in [3.8, 4) is 0 Å². The lowest BCUT2D eigenvalue weighted by molar-refractivity contribution is 0.0986. The Balaban J connectivity index is 0.00000261. The molecule has 4 nitrogen and oxygen atoms in total. The molecule has 1 aromatic heterocycles. The van der Waals surface area contributed by atoms with Gasteiger partial charge in [-0.15, -0.1) is 12.4 Å². The fourth-order valence-corrected chi connectivity index (χ4v) is 3.73. The molecule has 144 valence electrons. The van der Waals surface area contributed by atoms with Crippen molar-refractivity contribution in [1.82, 2.24) is 9.88 Å². The Labute approximate surface area is 173 Å². The topological polar surface area (TPSA) is 36.4 Å². The number of carbonyl (C=O) groups is 1. The zero-order valence-corrected chi connectivity index (χ0v) is 17.4. The summed E-state index contributed by atoms with van der Waals surface area (Å²) in [5, 5.41) is 1.08. The van der Waals surface area contributed by atoms with E-state index in [1.54, 1.807) is 35.2 Å². The Morgan fingerprint density at radius 2 is 1.85 bits per heavy atom. The van der Waals surface area contributed by atoms with Gasteiger partial charge < -0.3 is 4.90 Å². The molecule has 0 saturated heterocycles. The normalized spacial score (nSPS) is 10.9. The van der Waals surface area contributed by atoms with Crippen molar-refractivity contribution in [1.29, 1.82) is 0 Å². The molecule has 0 aliphatic rings. The van der Waals surface area contributed by atoms with Crippen LogP contribution < -0.4 is 4.90 Å². The predicted molar refractivity (Wildman–Crippen MR) is 113 cm³/mol. The summed E-state index contributed by atoms with van der Waals surface area (Å²) in [5.41, 5.74) is 0.827. The van der Waals surface area contributed by atoms with Crippen molar-refractivity contribution in [3.63, 3.8) is 0 Å². The highest BCUT2D eigenvalue weighted by Crippen LogP contribution is 2.31. The van der Waals surface area contributed by atoms with Gasteiger partial charge in [0.2, 0.25) is 0 Å². The molecule has 3 rings (SSSR count). The smallest absolute Gasteiger partial charge is 0.260 e. The van der Waals surface area contributed by atoms with E-state index in [4.69, 9.17) is 11.6 Å². The van der Waals surface area contributed by atoms with Gasteiger partial charge in [-0.1, -0.05) is 29.0 Å². The standard InChI is InChI=1S/C19H19ClFN3OS.ClH/c1-23(2)11-4-12-24(18(25)13-7-9-14(20)10-8-13)19-22-17-15(21)5-3-6-16(17)26-19;/h3,5-10H,4,11-12H2,1-2H3;1H. The van der Waals surface area contributed by atoms with E-state index in [1.807, 2.05) is 20.2 Å². The number of carbonyl (C=O) groups excluding carboxylic acids is 1. The predicted octanol–water partition coefficient (Wildman–Crippen LogP) is 5.11. The first-order chi connectivity index (χ1) is 12.5. The minimum Gasteiger partial charge on any atom is -0.309 e. The maximum atomic E-state index is 14.0. The maximum Gasteiger partial charge on any atom is 0.260 e. The lowest BCUT2D eigenvalue weighted by atomic mass is 10.2. The number of halogens is 3. The van der Waals surface area contributed by atoms with Crippen LogP contribution in [0.2, 0.25) is 5.02 Å². The van der Waals surface area contributed by atoms with Gasteiger partial charge in [0.1, 0.15) is 11.3 Å². The first-order valence-corrected chi connectivity index (χ1v) is 9.42. The Kier molecular flexibility index (Phi) is 7.56. The van der Waals surface area contributed by atoms with E-state index in [0.717, 1.165) is 17.7 Å². The third-order valence-electron chi connectivity index (χ3n) is 3.91. The molecule has 3 aromatic rings. The minimum atomic E-state index is -0.378. The van der Waals surface area contributed by atoms with Crippen LogP contribution in [0.3, 0.4) is 0 Å². The van der Waals surface area contributed by atoms with Crippen LogP contribution in [0.5, 0.6) is 0 Å². The van der Waals surface area contributed by atoms with E-state index in [-0.39, 0.29) is 24.1 Å². The Morgan fingerprint density at radius 1 is 1.15 bits per heavy atom. The molecule has 1 amide bonds. The highest BCUT2D eigenvalue weighted by molar-refractivity contribution is 7.22. The molecule has 0 unspecified atom stereocenters. The van der Waals surface area contributed by atoms with E-state index in [0.29, 0.717) is 27.8 Å². The van der Waals surface area contributed by atoms with Crippen LogP contribution in [0, 0.1) is 5.82 Å². The van der Waals surface area contributed by atoms with Crippen molar-refractivity contribution in [2.75, 3.05) is 32.1 Å². The van der Waals surface area contributed by atoms with Crippen LogP contribution in [-0.4, -0.2) is 43.0 Å². The molecule has 0 fully saturated rings. The third-order valence-corrected chi connectivity index (χ3v) is 5.21. The summed E-state index contributed by atoms with van der Waals surface area (Å²) in [6, 6.07) is 11.6. The van der Waals surface area contributed by atoms with Crippen molar-refractivity contribution < 1.29 is 9.18 Å². The fraction of sp³-hybridized carbons (Fsp3) is 0.263. The number of benzene rings is 2. The molecule has 0 spiro atoms. The number of anilines is 1. The monoisotopic (exact) mass is 427 g/mol. The lowest BCUT2D eigenvalue weighted by Gasteiger charge is -2.21. The highest BCUT2D eigenvalue weighted by Gasteiger charge is 2.22. The number of amides is 1. The molecular weight excluding hydrogens is 408 g/mol. The molecule has 1 heterocycles. The summed E-state index contributed by atoms with van der Waals surface area (Å²) < 4.78 is 14.7. The van der Waals surface area contributed by atoms with E-state index >= 15 is 0 Å². The van der Waals surface area contributed by atoms with Gasteiger partial charge in [0.05, 0.1) is 4.70 Å². The molecule has 0 radical (unpaired) electrons. The van der Waals surface area contributed by atoms with Gasteiger partial charge in [-0.2, -0.15) is 0 Å². The summed E-state index contributed by atoms with van der Waals surface area (Å²) in [6.07, 6.45) is 0.782. The van der Waals surface area contributed by atoms with Gasteiger partial charge in [-0.25, -0.2) is 9.37 Å². The Bertz CT molecular complexity index is 915. The first-order valence-electron chi connectivity index (χ1n) is 8.23. The second-order valence-corrected chi connectivity index (χ2v) is 7.65. The number of hydrogen-bond donors (Lipinski definition) is 0.